The normalized spacial score (nSPS) is 22.1. The zero-order valence-electron chi connectivity index (χ0n) is 11.4. The number of anilines is 1. The van der Waals surface area contributed by atoms with Gasteiger partial charge in [0, 0.05) is 36.5 Å². The number of benzene rings is 1. The Balaban J connectivity index is 1.80. The maximum absolute atomic E-state index is 11.0. The van der Waals surface area contributed by atoms with E-state index in [1.807, 2.05) is 18.2 Å². The molecule has 0 saturated heterocycles. The van der Waals surface area contributed by atoms with Crippen molar-refractivity contribution in [2.45, 2.75) is 31.6 Å². The van der Waals surface area contributed by atoms with Crippen LogP contribution in [0.1, 0.15) is 37.2 Å². The summed E-state index contributed by atoms with van der Waals surface area (Å²) in [5.41, 5.74) is 2.45. The quantitative estimate of drug-likeness (QED) is 0.893. The smallest absolute Gasteiger partial charge is 0.304 e. The van der Waals surface area contributed by atoms with Gasteiger partial charge < -0.3 is 10.0 Å². The van der Waals surface area contributed by atoms with Crippen LogP contribution >= 0.6 is 0 Å². The SMILES string of the molecule is N#CCC1(CN2CC(CC(=O)O)c3ccccc32)CC1. The van der Waals surface area contributed by atoms with Gasteiger partial charge in [0.25, 0.3) is 0 Å². The van der Waals surface area contributed by atoms with Crippen LogP contribution in [0, 0.1) is 16.7 Å². The van der Waals surface area contributed by atoms with Gasteiger partial charge in [0.15, 0.2) is 0 Å². The molecule has 1 aliphatic heterocycles. The Labute approximate surface area is 118 Å². The number of aliphatic carboxylic acids is 1. The molecule has 0 spiro atoms. The molecule has 1 aromatic rings. The van der Waals surface area contributed by atoms with Gasteiger partial charge in [-0.2, -0.15) is 5.26 Å². The van der Waals surface area contributed by atoms with Gasteiger partial charge in [0.05, 0.1) is 12.5 Å². The standard InChI is InChI=1S/C16H18N2O2/c17-8-7-16(5-6-16)11-18-10-12(9-15(19)20)13-3-1-2-4-14(13)18/h1-4,12H,5-7,9-11H2,(H,19,20). The molecular weight excluding hydrogens is 252 g/mol. The first kappa shape index (κ1) is 13.0. The van der Waals surface area contributed by atoms with Crippen LogP contribution < -0.4 is 4.90 Å². The number of carboxylic acids is 1. The summed E-state index contributed by atoms with van der Waals surface area (Å²) in [4.78, 5) is 13.3. The largest absolute Gasteiger partial charge is 0.481 e. The fourth-order valence-corrected chi connectivity index (χ4v) is 3.26. The number of carbonyl (C=O) groups is 1. The van der Waals surface area contributed by atoms with Crippen LogP contribution in [0.2, 0.25) is 0 Å². The molecule has 104 valence electrons. The second-order valence-electron chi connectivity index (χ2n) is 6.07. The first-order valence-electron chi connectivity index (χ1n) is 7.06. The van der Waals surface area contributed by atoms with E-state index in [0.717, 1.165) is 37.2 Å². The van der Waals surface area contributed by atoms with Crippen molar-refractivity contribution in [2.24, 2.45) is 5.41 Å². The van der Waals surface area contributed by atoms with Crippen LogP contribution in [0.25, 0.3) is 0 Å². The molecule has 1 unspecified atom stereocenters. The van der Waals surface area contributed by atoms with Crippen molar-refractivity contribution >= 4 is 11.7 Å². The molecule has 1 aliphatic carbocycles. The predicted octanol–water partition coefficient (Wildman–Crippen LogP) is 2.76. The minimum absolute atomic E-state index is 0.0709. The van der Waals surface area contributed by atoms with E-state index in [1.165, 1.54) is 0 Å². The molecule has 0 bridgehead atoms. The molecule has 1 fully saturated rings. The molecule has 1 atom stereocenters. The maximum atomic E-state index is 11.0. The van der Waals surface area contributed by atoms with E-state index in [0.29, 0.717) is 6.42 Å². The summed E-state index contributed by atoms with van der Waals surface area (Å²) in [5.74, 6) is -0.675. The Hall–Kier alpha value is -2.02. The van der Waals surface area contributed by atoms with E-state index in [9.17, 15) is 4.79 Å². The fourth-order valence-electron chi connectivity index (χ4n) is 3.26. The van der Waals surface area contributed by atoms with E-state index in [4.69, 9.17) is 10.4 Å². The van der Waals surface area contributed by atoms with E-state index in [1.54, 1.807) is 0 Å². The third-order valence-corrected chi connectivity index (χ3v) is 4.52. The number of rotatable bonds is 5. The van der Waals surface area contributed by atoms with Crippen molar-refractivity contribution in [2.75, 3.05) is 18.0 Å². The highest BCUT2D eigenvalue weighted by Crippen LogP contribution is 2.51. The van der Waals surface area contributed by atoms with E-state index in [2.05, 4.69) is 17.0 Å². The van der Waals surface area contributed by atoms with Crippen molar-refractivity contribution in [3.63, 3.8) is 0 Å². The van der Waals surface area contributed by atoms with Crippen molar-refractivity contribution in [1.29, 1.82) is 5.26 Å². The molecule has 0 aromatic heterocycles. The molecular formula is C16H18N2O2. The van der Waals surface area contributed by atoms with Crippen LogP contribution in [-0.2, 0) is 4.79 Å². The van der Waals surface area contributed by atoms with E-state index in [-0.39, 0.29) is 17.8 Å². The Morgan fingerprint density at radius 1 is 1.45 bits per heavy atom. The summed E-state index contributed by atoms with van der Waals surface area (Å²) in [7, 11) is 0. The lowest BCUT2D eigenvalue weighted by Gasteiger charge is -2.24. The molecule has 2 aliphatic rings. The highest BCUT2D eigenvalue weighted by Gasteiger charge is 2.45. The summed E-state index contributed by atoms with van der Waals surface area (Å²) >= 11 is 0. The summed E-state index contributed by atoms with van der Waals surface area (Å²) in [6.07, 6.45) is 3.01. The van der Waals surface area contributed by atoms with E-state index < -0.39 is 5.97 Å². The Kier molecular flexibility index (Phi) is 3.13. The number of carboxylic acid groups (broad SMARTS) is 1. The number of para-hydroxylation sites is 1. The minimum Gasteiger partial charge on any atom is -0.481 e. The summed E-state index contributed by atoms with van der Waals surface area (Å²) in [6, 6.07) is 10.4. The van der Waals surface area contributed by atoms with Crippen LogP contribution in [0.4, 0.5) is 5.69 Å². The predicted molar refractivity (Wildman–Crippen MR) is 75.5 cm³/mol. The highest BCUT2D eigenvalue weighted by molar-refractivity contribution is 5.71. The lowest BCUT2D eigenvalue weighted by atomic mass is 9.98. The monoisotopic (exact) mass is 270 g/mol. The average molecular weight is 270 g/mol. The molecule has 1 aromatic carbocycles. The Bertz CT molecular complexity index is 572. The third kappa shape index (κ3) is 2.36. The van der Waals surface area contributed by atoms with Crippen LogP contribution in [0.3, 0.4) is 0 Å². The lowest BCUT2D eigenvalue weighted by molar-refractivity contribution is -0.137. The van der Waals surface area contributed by atoms with Crippen molar-refractivity contribution in [3.8, 4) is 6.07 Å². The number of nitrogens with zero attached hydrogens (tertiary/aromatic N) is 2. The topological polar surface area (TPSA) is 64.3 Å². The first-order valence-corrected chi connectivity index (χ1v) is 7.06. The fraction of sp³-hybridized carbons (Fsp3) is 0.500. The zero-order valence-corrected chi connectivity index (χ0v) is 11.4. The van der Waals surface area contributed by atoms with Gasteiger partial charge in [-0.3, -0.25) is 4.79 Å². The van der Waals surface area contributed by atoms with Crippen LogP contribution in [0.15, 0.2) is 24.3 Å². The molecule has 3 rings (SSSR count). The van der Waals surface area contributed by atoms with Gasteiger partial charge in [0.2, 0.25) is 0 Å². The van der Waals surface area contributed by atoms with Gasteiger partial charge >= 0.3 is 5.97 Å². The van der Waals surface area contributed by atoms with Gasteiger partial charge in [0.1, 0.15) is 0 Å². The molecule has 0 amide bonds. The van der Waals surface area contributed by atoms with Gasteiger partial charge in [-0.15, -0.1) is 0 Å². The molecule has 1 heterocycles. The Morgan fingerprint density at radius 2 is 2.20 bits per heavy atom. The number of hydrogen-bond donors (Lipinski definition) is 1. The molecule has 0 radical (unpaired) electrons. The second-order valence-corrected chi connectivity index (χ2v) is 6.07. The van der Waals surface area contributed by atoms with E-state index >= 15 is 0 Å². The van der Waals surface area contributed by atoms with Gasteiger partial charge in [-0.05, 0) is 24.5 Å². The lowest BCUT2D eigenvalue weighted by Crippen LogP contribution is -2.29. The summed E-state index contributed by atoms with van der Waals surface area (Å²) in [5, 5.41) is 18.0. The average Bonchev–Trinajstić information content (AvgIpc) is 3.08. The molecule has 1 saturated carbocycles. The Morgan fingerprint density at radius 3 is 2.85 bits per heavy atom. The number of nitriles is 1. The number of hydrogen-bond acceptors (Lipinski definition) is 3. The summed E-state index contributed by atoms with van der Waals surface area (Å²) in [6.45, 7) is 1.65. The zero-order chi connectivity index (χ0) is 14.2. The summed E-state index contributed by atoms with van der Waals surface area (Å²) < 4.78 is 0. The van der Waals surface area contributed by atoms with Gasteiger partial charge in [-0.1, -0.05) is 18.2 Å². The van der Waals surface area contributed by atoms with Crippen LogP contribution in [0.5, 0.6) is 0 Å². The molecule has 4 heteroatoms. The molecule has 1 N–H and O–H groups in total. The minimum atomic E-state index is -0.746. The van der Waals surface area contributed by atoms with Crippen molar-refractivity contribution in [3.05, 3.63) is 29.8 Å². The molecule has 4 nitrogen and oxygen atoms in total. The maximum Gasteiger partial charge on any atom is 0.304 e. The van der Waals surface area contributed by atoms with Gasteiger partial charge in [-0.25, -0.2) is 0 Å². The van der Waals surface area contributed by atoms with Crippen LogP contribution in [-0.4, -0.2) is 24.2 Å². The first-order chi connectivity index (χ1) is 9.63. The third-order valence-electron chi connectivity index (χ3n) is 4.52. The highest BCUT2D eigenvalue weighted by atomic mass is 16.4. The number of fused-ring (bicyclic) bond motifs is 1. The van der Waals surface area contributed by atoms with Crippen molar-refractivity contribution in [1.82, 2.24) is 0 Å². The second kappa shape index (κ2) is 4.82. The molecule has 20 heavy (non-hydrogen) atoms. The van der Waals surface area contributed by atoms with Crippen molar-refractivity contribution < 1.29 is 9.90 Å².